The first kappa shape index (κ1) is 17.7. The predicted octanol–water partition coefficient (Wildman–Crippen LogP) is 5.20. The fourth-order valence-corrected chi connectivity index (χ4v) is 3.10. The van der Waals surface area contributed by atoms with Crippen molar-refractivity contribution in [3.05, 3.63) is 76.3 Å². The molecule has 3 nitrogen and oxygen atoms in total. The van der Waals surface area contributed by atoms with E-state index in [2.05, 4.69) is 10.6 Å². The second kappa shape index (κ2) is 7.83. The standard InChI is InChI=1S/C19H14Cl2N2OS/c20-14-8-9-16(21)17(11-14)22-19(25)23-18(24)10-13-6-3-5-12-4-1-2-7-15(12)13/h1-9,11H,10H2,(H2,22,23,24,25). The van der Waals surface area contributed by atoms with Gasteiger partial charge in [0.2, 0.25) is 5.91 Å². The van der Waals surface area contributed by atoms with Crippen molar-refractivity contribution in [1.29, 1.82) is 0 Å². The summed E-state index contributed by atoms with van der Waals surface area (Å²) in [5, 5.41) is 8.87. The topological polar surface area (TPSA) is 41.1 Å². The molecule has 25 heavy (non-hydrogen) atoms. The SMILES string of the molecule is O=C(Cc1cccc2ccccc12)NC(=S)Nc1cc(Cl)ccc1Cl. The van der Waals surface area contributed by atoms with Crippen LogP contribution in [0.5, 0.6) is 0 Å². The number of halogens is 2. The normalized spacial score (nSPS) is 10.5. The zero-order chi connectivity index (χ0) is 17.8. The highest BCUT2D eigenvalue weighted by molar-refractivity contribution is 7.80. The molecule has 0 saturated heterocycles. The van der Waals surface area contributed by atoms with E-state index in [1.165, 1.54) is 0 Å². The molecule has 0 saturated carbocycles. The maximum absolute atomic E-state index is 12.3. The van der Waals surface area contributed by atoms with Crippen molar-refractivity contribution in [2.24, 2.45) is 0 Å². The summed E-state index contributed by atoms with van der Waals surface area (Å²) in [6.07, 6.45) is 0.229. The third-order valence-corrected chi connectivity index (χ3v) is 4.43. The van der Waals surface area contributed by atoms with Gasteiger partial charge in [0.05, 0.1) is 17.1 Å². The van der Waals surface area contributed by atoms with E-state index in [9.17, 15) is 4.79 Å². The lowest BCUT2D eigenvalue weighted by molar-refractivity contribution is -0.119. The van der Waals surface area contributed by atoms with Crippen molar-refractivity contribution in [1.82, 2.24) is 5.32 Å². The van der Waals surface area contributed by atoms with Crippen molar-refractivity contribution in [2.75, 3.05) is 5.32 Å². The van der Waals surface area contributed by atoms with Crippen molar-refractivity contribution in [2.45, 2.75) is 6.42 Å². The Hall–Kier alpha value is -2.14. The number of rotatable bonds is 3. The van der Waals surface area contributed by atoms with Crippen molar-refractivity contribution in [3.8, 4) is 0 Å². The number of benzene rings is 3. The van der Waals surface area contributed by atoms with Crippen LogP contribution in [0.1, 0.15) is 5.56 Å². The number of hydrogen-bond acceptors (Lipinski definition) is 2. The molecule has 1 amide bonds. The molecule has 3 aromatic rings. The molecule has 0 radical (unpaired) electrons. The van der Waals surface area contributed by atoms with Crippen molar-refractivity contribution in [3.63, 3.8) is 0 Å². The van der Waals surface area contributed by atoms with Gasteiger partial charge in [-0.05, 0) is 46.8 Å². The maximum Gasteiger partial charge on any atom is 0.230 e. The molecule has 126 valence electrons. The fourth-order valence-electron chi connectivity index (χ4n) is 2.54. The Morgan fingerprint density at radius 1 is 1.00 bits per heavy atom. The van der Waals surface area contributed by atoms with E-state index in [1.54, 1.807) is 18.2 Å². The Balaban J connectivity index is 1.67. The van der Waals surface area contributed by atoms with Crippen LogP contribution in [0.2, 0.25) is 10.0 Å². The molecule has 0 atom stereocenters. The summed E-state index contributed by atoms with van der Waals surface area (Å²) < 4.78 is 0. The van der Waals surface area contributed by atoms with Gasteiger partial charge in [0, 0.05) is 5.02 Å². The zero-order valence-electron chi connectivity index (χ0n) is 13.1. The summed E-state index contributed by atoms with van der Waals surface area (Å²) >= 11 is 17.2. The highest BCUT2D eigenvalue weighted by Gasteiger charge is 2.10. The van der Waals surface area contributed by atoms with Crippen LogP contribution < -0.4 is 10.6 Å². The second-order valence-corrected chi connectivity index (χ2v) is 6.69. The van der Waals surface area contributed by atoms with E-state index in [4.69, 9.17) is 35.4 Å². The first-order chi connectivity index (χ1) is 12.0. The molecule has 2 N–H and O–H groups in total. The predicted molar refractivity (Wildman–Crippen MR) is 108 cm³/mol. The third kappa shape index (κ3) is 4.48. The number of anilines is 1. The first-order valence-corrected chi connectivity index (χ1v) is 8.72. The van der Waals surface area contributed by atoms with Crippen LogP contribution in [-0.4, -0.2) is 11.0 Å². The van der Waals surface area contributed by atoms with Crippen LogP contribution >= 0.6 is 35.4 Å². The number of nitrogens with one attached hydrogen (secondary N) is 2. The molecule has 0 aromatic heterocycles. The third-order valence-electron chi connectivity index (χ3n) is 3.66. The summed E-state index contributed by atoms with van der Waals surface area (Å²) in [6, 6.07) is 18.8. The van der Waals surface area contributed by atoms with E-state index in [0.717, 1.165) is 16.3 Å². The Morgan fingerprint density at radius 3 is 2.60 bits per heavy atom. The Bertz CT molecular complexity index is 954. The summed E-state index contributed by atoms with van der Waals surface area (Å²) in [5.41, 5.74) is 1.49. The Kier molecular flexibility index (Phi) is 5.53. The highest BCUT2D eigenvalue weighted by atomic mass is 35.5. The number of carbonyl (C=O) groups excluding carboxylic acids is 1. The number of fused-ring (bicyclic) bond motifs is 1. The average Bonchev–Trinajstić information content (AvgIpc) is 2.58. The van der Waals surface area contributed by atoms with Crippen LogP contribution in [0, 0.1) is 0 Å². The highest BCUT2D eigenvalue weighted by Crippen LogP contribution is 2.25. The molecule has 0 aliphatic heterocycles. The molecule has 0 fully saturated rings. The zero-order valence-corrected chi connectivity index (χ0v) is 15.4. The van der Waals surface area contributed by atoms with Gasteiger partial charge in [0.15, 0.2) is 5.11 Å². The lowest BCUT2D eigenvalue weighted by Crippen LogP contribution is -2.35. The van der Waals surface area contributed by atoms with E-state index in [1.807, 2.05) is 42.5 Å². The summed E-state index contributed by atoms with van der Waals surface area (Å²) in [4.78, 5) is 12.3. The van der Waals surface area contributed by atoms with Gasteiger partial charge in [0.1, 0.15) is 0 Å². The second-order valence-electron chi connectivity index (χ2n) is 5.44. The van der Waals surface area contributed by atoms with Gasteiger partial charge >= 0.3 is 0 Å². The van der Waals surface area contributed by atoms with Gasteiger partial charge in [-0.25, -0.2) is 0 Å². The Morgan fingerprint density at radius 2 is 1.76 bits per heavy atom. The van der Waals surface area contributed by atoms with E-state index in [0.29, 0.717) is 15.7 Å². The molecule has 0 aliphatic rings. The molecule has 6 heteroatoms. The number of carbonyl (C=O) groups is 1. The van der Waals surface area contributed by atoms with Crippen LogP contribution in [0.4, 0.5) is 5.69 Å². The largest absolute Gasteiger partial charge is 0.331 e. The minimum absolute atomic E-state index is 0.175. The van der Waals surface area contributed by atoms with Gasteiger partial charge in [0.25, 0.3) is 0 Å². The van der Waals surface area contributed by atoms with Gasteiger partial charge in [-0.15, -0.1) is 0 Å². The summed E-state index contributed by atoms with van der Waals surface area (Å²) in [6.45, 7) is 0. The van der Waals surface area contributed by atoms with Crippen molar-refractivity contribution >= 4 is 62.9 Å². The number of hydrogen-bond donors (Lipinski definition) is 2. The van der Waals surface area contributed by atoms with Crippen LogP contribution in [0.3, 0.4) is 0 Å². The van der Waals surface area contributed by atoms with Crippen molar-refractivity contribution < 1.29 is 4.79 Å². The average molecular weight is 389 g/mol. The van der Waals surface area contributed by atoms with Crippen LogP contribution in [-0.2, 0) is 11.2 Å². The lowest BCUT2D eigenvalue weighted by Gasteiger charge is -2.12. The van der Waals surface area contributed by atoms with Gasteiger partial charge in [-0.1, -0.05) is 65.7 Å². The van der Waals surface area contributed by atoms with Gasteiger partial charge in [-0.3, -0.25) is 4.79 Å². The number of thiocarbonyl (C=S) groups is 1. The molecule has 0 aliphatic carbocycles. The minimum atomic E-state index is -0.202. The van der Waals surface area contributed by atoms with Crippen LogP contribution in [0.25, 0.3) is 10.8 Å². The lowest BCUT2D eigenvalue weighted by atomic mass is 10.0. The Labute approximate surface area is 160 Å². The molecular weight excluding hydrogens is 375 g/mol. The fraction of sp³-hybridized carbons (Fsp3) is 0.0526. The van der Waals surface area contributed by atoms with E-state index >= 15 is 0 Å². The maximum atomic E-state index is 12.3. The minimum Gasteiger partial charge on any atom is -0.331 e. The number of amides is 1. The molecule has 0 spiro atoms. The van der Waals surface area contributed by atoms with Crippen LogP contribution in [0.15, 0.2) is 60.7 Å². The van der Waals surface area contributed by atoms with Gasteiger partial charge < -0.3 is 10.6 Å². The molecule has 3 aromatic carbocycles. The molecule has 0 unspecified atom stereocenters. The first-order valence-electron chi connectivity index (χ1n) is 7.55. The van der Waals surface area contributed by atoms with E-state index < -0.39 is 0 Å². The molecular formula is C19H14Cl2N2OS. The smallest absolute Gasteiger partial charge is 0.230 e. The monoisotopic (exact) mass is 388 g/mol. The molecule has 0 bridgehead atoms. The summed E-state index contributed by atoms with van der Waals surface area (Å²) in [7, 11) is 0. The summed E-state index contributed by atoms with van der Waals surface area (Å²) in [5.74, 6) is -0.202. The quantitative estimate of drug-likeness (QED) is 0.605. The molecule has 0 heterocycles. The van der Waals surface area contributed by atoms with Gasteiger partial charge in [-0.2, -0.15) is 0 Å². The molecule has 3 rings (SSSR count). The van der Waals surface area contributed by atoms with E-state index in [-0.39, 0.29) is 17.4 Å².